The summed E-state index contributed by atoms with van der Waals surface area (Å²) < 4.78 is 11.3. The van der Waals surface area contributed by atoms with Crippen molar-refractivity contribution in [1.29, 1.82) is 0 Å². The molecular formula is C54H52Br8Mn2O2P2. The molecule has 0 N–H and O–H groups in total. The quantitative estimate of drug-likeness (QED) is 0.0798. The van der Waals surface area contributed by atoms with E-state index in [0.29, 0.717) is 13.2 Å². The van der Waals surface area contributed by atoms with Crippen LogP contribution in [0.4, 0.5) is 0 Å². The Balaban J connectivity index is 0.000000212. The van der Waals surface area contributed by atoms with Crippen LogP contribution in [-0.4, -0.2) is 13.2 Å². The summed E-state index contributed by atoms with van der Waals surface area (Å²) >= 11 is 26.1. The van der Waals surface area contributed by atoms with Gasteiger partial charge in [-0.3, -0.25) is 0 Å². The number of ether oxygens (including phenoxy) is 2. The predicted molar refractivity (Wildman–Crippen MR) is 324 cm³/mol. The molecule has 0 aromatic heterocycles. The number of halogens is 8. The van der Waals surface area contributed by atoms with E-state index in [1.165, 1.54) is 43.0 Å². The molecule has 0 heterocycles. The Bertz CT molecular complexity index is 2220. The summed E-state index contributed by atoms with van der Waals surface area (Å²) in [4.78, 5) is 0. The van der Waals surface area contributed by atoms with Crippen molar-refractivity contribution in [2.24, 2.45) is 0 Å². The number of hydrogen-bond donors (Lipinski definition) is 0. The van der Waals surface area contributed by atoms with Crippen LogP contribution < -0.4 is 41.3 Å². The van der Waals surface area contributed by atoms with Gasteiger partial charge in [-0.05, 0) is 122 Å². The topological polar surface area (TPSA) is 18.5 Å². The van der Waals surface area contributed by atoms with E-state index in [2.05, 4.69) is 343 Å². The molecule has 8 rings (SSSR count). The maximum absolute atomic E-state index is 5.65. The SMILES string of the molecule is CCOc1ccc(C[P+](c2ccccc2)(c2ccccc2)c2ccccc2)cc1.CCOc1ccc(C[P+](c2ccccc2)(c2ccccc2)c2ccccc2)cc1.[Br][Mn-]([Br])([Br])[Br].[Br][Mn-]([Br])([Br])[Br]. The molecule has 0 radical (unpaired) electrons. The summed E-state index contributed by atoms with van der Waals surface area (Å²) in [6.45, 7) is 5.41. The molecule has 0 saturated carbocycles. The van der Waals surface area contributed by atoms with Gasteiger partial charge in [-0.1, -0.05) is 133 Å². The second-order valence-electron chi connectivity index (χ2n) is 14.8. The molecule has 0 fully saturated rings. The zero-order chi connectivity index (χ0) is 48.9. The molecule has 0 atom stereocenters. The van der Waals surface area contributed by atoms with E-state index in [1.807, 2.05) is 13.8 Å². The van der Waals surface area contributed by atoms with Gasteiger partial charge in [0.15, 0.2) is 0 Å². The van der Waals surface area contributed by atoms with Gasteiger partial charge in [0, 0.05) is 0 Å². The molecule has 14 heteroatoms. The van der Waals surface area contributed by atoms with Crippen LogP contribution in [0.15, 0.2) is 231 Å². The third-order valence-electron chi connectivity index (χ3n) is 10.5. The van der Waals surface area contributed by atoms with Gasteiger partial charge in [0.1, 0.15) is 57.9 Å². The van der Waals surface area contributed by atoms with Crippen LogP contribution in [-0.2, 0) is 23.6 Å². The van der Waals surface area contributed by atoms with Gasteiger partial charge in [0.2, 0.25) is 0 Å². The van der Waals surface area contributed by atoms with E-state index in [4.69, 9.17) is 9.47 Å². The molecule has 0 spiro atoms. The Kier molecular flexibility index (Phi) is 25.3. The van der Waals surface area contributed by atoms with E-state index in [0.717, 1.165) is 23.8 Å². The monoisotopic (exact) mass is 1540 g/mol. The van der Waals surface area contributed by atoms with Crippen LogP contribution in [0.5, 0.6) is 11.5 Å². The average molecular weight is 1540 g/mol. The van der Waals surface area contributed by atoms with Gasteiger partial charge < -0.3 is 9.47 Å². The standard InChI is InChI=1S/2C27H26OP.8BrH.2Mn/c2*1-2-28-24-20-18-23(19-21-24)22-29(25-12-6-3-7-13-25,26-14-8-4-9-15-26)27-16-10-5-11-17-27;;;;;;;;;;/h2*3-21H,2,22H2,1H3;8*1H;;/q2*+1;;;;;;;;;2*+3/p-8. The molecule has 0 aliphatic rings. The zero-order valence-electron chi connectivity index (χ0n) is 37.3. The summed E-state index contributed by atoms with van der Waals surface area (Å²) in [6, 6.07) is 83.3. The van der Waals surface area contributed by atoms with Crippen LogP contribution in [0.25, 0.3) is 0 Å². The number of benzene rings is 8. The van der Waals surface area contributed by atoms with Gasteiger partial charge in [0.05, 0.1) is 25.5 Å². The Morgan fingerprint density at radius 1 is 0.294 bits per heavy atom. The second kappa shape index (κ2) is 29.7. The number of hydrogen-bond acceptors (Lipinski definition) is 2. The van der Waals surface area contributed by atoms with Gasteiger partial charge in [-0.15, -0.1) is 0 Å². The summed E-state index contributed by atoms with van der Waals surface area (Å²) in [5.41, 5.74) is -0.0864. The van der Waals surface area contributed by atoms with Crippen molar-refractivity contribution < 1.29 is 20.7 Å². The molecule has 0 bridgehead atoms. The van der Waals surface area contributed by atoms with Crippen LogP contribution in [0.1, 0.15) is 25.0 Å². The summed E-state index contributed by atoms with van der Waals surface area (Å²) in [5, 5.41) is 8.45. The predicted octanol–water partition coefficient (Wildman–Crippen LogP) is 17.9. The van der Waals surface area contributed by atoms with Gasteiger partial charge in [-0.25, -0.2) is 0 Å². The first-order chi connectivity index (χ1) is 32.7. The Labute approximate surface area is 466 Å². The molecule has 8 aromatic rings. The second-order valence-corrected chi connectivity index (χ2v) is 93.2. The van der Waals surface area contributed by atoms with E-state index in [9.17, 15) is 0 Å². The van der Waals surface area contributed by atoms with E-state index in [1.54, 1.807) is 0 Å². The van der Waals surface area contributed by atoms with Gasteiger partial charge in [-0.2, -0.15) is 0 Å². The van der Waals surface area contributed by atoms with Crippen LogP contribution in [0.3, 0.4) is 0 Å². The molecule has 0 saturated heterocycles. The molecule has 2 nitrogen and oxygen atoms in total. The first-order valence-electron chi connectivity index (χ1n) is 21.3. The molecule has 68 heavy (non-hydrogen) atoms. The Morgan fingerprint density at radius 3 is 0.632 bits per heavy atom. The van der Waals surface area contributed by atoms with Crippen molar-refractivity contribution in [3.05, 3.63) is 242 Å². The fourth-order valence-corrected chi connectivity index (χ4v) is 16.3. The van der Waals surface area contributed by atoms with Crippen molar-refractivity contribution in [3.8, 4) is 11.5 Å². The van der Waals surface area contributed by atoms with Crippen LogP contribution in [0, 0.1) is 0 Å². The van der Waals surface area contributed by atoms with Crippen molar-refractivity contribution >= 4 is 159 Å². The van der Waals surface area contributed by atoms with Gasteiger partial charge >= 0.3 is 124 Å². The summed E-state index contributed by atoms with van der Waals surface area (Å²) in [6.07, 6.45) is 1.97. The Hall–Kier alpha value is -0.901. The normalized spacial score (nSPS) is 11.8. The van der Waals surface area contributed by atoms with Crippen molar-refractivity contribution in [2.45, 2.75) is 26.2 Å². The summed E-state index contributed by atoms with van der Waals surface area (Å²) in [5.74, 6) is 1.86. The van der Waals surface area contributed by atoms with Crippen LogP contribution >= 0.6 is 127 Å². The van der Waals surface area contributed by atoms with Gasteiger partial charge in [0.25, 0.3) is 0 Å². The van der Waals surface area contributed by atoms with E-state index in [-0.39, 0.29) is 0 Å². The van der Waals surface area contributed by atoms with E-state index >= 15 is 0 Å². The fourth-order valence-electron chi connectivity index (χ4n) is 7.80. The van der Waals surface area contributed by atoms with Crippen molar-refractivity contribution in [2.75, 3.05) is 13.2 Å². The molecule has 0 aliphatic heterocycles. The van der Waals surface area contributed by atoms with Crippen LogP contribution in [0.2, 0.25) is 0 Å². The molecule has 8 aromatic carbocycles. The third kappa shape index (κ3) is 18.9. The zero-order valence-corrected chi connectivity index (χ0v) is 54.1. The fraction of sp³-hybridized carbons (Fsp3) is 0.111. The summed E-state index contributed by atoms with van der Waals surface area (Å²) in [7, 11) is -3.69. The molecule has 360 valence electrons. The number of rotatable bonds is 14. The average Bonchev–Trinajstić information content (AvgIpc) is 3.35. The van der Waals surface area contributed by atoms with Crippen molar-refractivity contribution in [1.82, 2.24) is 0 Å². The minimum absolute atomic E-state index is 0.689. The molecular weight excluding hydrogens is 1490 g/mol. The van der Waals surface area contributed by atoms with E-state index < -0.39 is 25.8 Å². The minimum atomic E-state index is -1.85. The molecule has 0 unspecified atom stereocenters. The maximum atomic E-state index is 5.65. The third-order valence-corrected chi connectivity index (χ3v) is 19.2. The Morgan fingerprint density at radius 2 is 0.471 bits per heavy atom. The van der Waals surface area contributed by atoms with Crippen molar-refractivity contribution in [3.63, 3.8) is 0 Å². The first-order valence-corrected chi connectivity index (χ1v) is 48.6. The first kappa shape index (κ1) is 58.0. The molecule has 0 amide bonds. The molecule has 0 aliphatic carbocycles.